The van der Waals surface area contributed by atoms with Gasteiger partial charge < -0.3 is 9.47 Å². The van der Waals surface area contributed by atoms with Crippen molar-refractivity contribution in [2.45, 2.75) is 20.3 Å². The molecule has 0 saturated heterocycles. The molecule has 2 nitrogen and oxygen atoms in total. The van der Waals surface area contributed by atoms with E-state index in [1.807, 2.05) is 12.1 Å². The largest absolute Gasteiger partial charge is 0.496 e. The molecule has 0 bridgehead atoms. The van der Waals surface area contributed by atoms with Gasteiger partial charge in [-0.05, 0) is 31.0 Å². The molecule has 13 heavy (non-hydrogen) atoms. The lowest BCUT2D eigenvalue weighted by Gasteiger charge is -2.12. The molecule has 0 heterocycles. The summed E-state index contributed by atoms with van der Waals surface area (Å²) in [4.78, 5) is 0. The smallest absolute Gasteiger partial charge is 0.122 e. The maximum Gasteiger partial charge on any atom is 0.122 e. The van der Waals surface area contributed by atoms with Crippen molar-refractivity contribution in [3.8, 4) is 11.5 Å². The van der Waals surface area contributed by atoms with Crippen LogP contribution >= 0.6 is 0 Å². The Bertz CT molecular complexity index is 292. The lowest BCUT2D eigenvalue weighted by molar-refractivity contribution is 0.396. The molecule has 1 aromatic rings. The molecule has 1 rings (SSSR count). The minimum atomic E-state index is 0.928. The van der Waals surface area contributed by atoms with E-state index in [1.54, 1.807) is 14.2 Å². The summed E-state index contributed by atoms with van der Waals surface area (Å²) < 4.78 is 10.5. The fourth-order valence-electron chi connectivity index (χ4n) is 1.56. The van der Waals surface area contributed by atoms with Crippen LogP contribution in [0.4, 0.5) is 0 Å². The summed E-state index contributed by atoms with van der Waals surface area (Å²) in [6.07, 6.45) is 0.964. The normalized spacial score (nSPS) is 9.85. The SMILES string of the molecule is CCc1c(OC)ccc(OC)c1C. The van der Waals surface area contributed by atoms with Crippen LogP contribution in [0.3, 0.4) is 0 Å². The minimum absolute atomic E-state index is 0.928. The highest BCUT2D eigenvalue weighted by atomic mass is 16.5. The quantitative estimate of drug-likeness (QED) is 0.711. The zero-order valence-electron chi connectivity index (χ0n) is 8.68. The summed E-state index contributed by atoms with van der Waals surface area (Å²) in [7, 11) is 3.38. The molecular formula is C11H16O2. The van der Waals surface area contributed by atoms with E-state index in [4.69, 9.17) is 9.47 Å². The second kappa shape index (κ2) is 4.17. The first-order valence-electron chi connectivity index (χ1n) is 4.45. The molecule has 0 aliphatic rings. The van der Waals surface area contributed by atoms with Crippen molar-refractivity contribution in [3.63, 3.8) is 0 Å². The first kappa shape index (κ1) is 9.90. The van der Waals surface area contributed by atoms with Crippen LogP contribution < -0.4 is 9.47 Å². The van der Waals surface area contributed by atoms with Crippen LogP contribution in [0.5, 0.6) is 11.5 Å². The van der Waals surface area contributed by atoms with Gasteiger partial charge in [0.15, 0.2) is 0 Å². The third kappa shape index (κ3) is 1.77. The standard InChI is InChI=1S/C11H16O2/c1-5-9-8(2)10(12-3)6-7-11(9)13-4/h6-7H,5H2,1-4H3. The van der Waals surface area contributed by atoms with Gasteiger partial charge in [0.25, 0.3) is 0 Å². The molecule has 0 radical (unpaired) electrons. The highest BCUT2D eigenvalue weighted by molar-refractivity contribution is 5.47. The van der Waals surface area contributed by atoms with Gasteiger partial charge in [-0.1, -0.05) is 6.92 Å². The minimum Gasteiger partial charge on any atom is -0.496 e. The van der Waals surface area contributed by atoms with E-state index in [-0.39, 0.29) is 0 Å². The summed E-state index contributed by atoms with van der Waals surface area (Å²) >= 11 is 0. The van der Waals surface area contributed by atoms with Crippen LogP contribution in [0.25, 0.3) is 0 Å². The van der Waals surface area contributed by atoms with Crippen molar-refractivity contribution in [2.24, 2.45) is 0 Å². The van der Waals surface area contributed by atoms with Gasteiger partial charge in [-0.25, -0.2) is 0 Å². The van der Waals surface area contributed by atoms with Crippen molar-refractivity contribution in [2.75, 3.05) is 14.2 Å². The van der Waals surface area contributed by atoms with Crippen molar-refractivity contribution in [3.05, 3.63) is 23.3 Å². The Hall–Kier alpha value is -1.18. The van der Waals surface area contributed by atoms with Crippen molar-refractivity contribution < 1.29 is 9.47 Å². The Morgan fingerprint density at radius 1 is 1.08 bits per heavy atom. The fraction of sp³-hybridized carbons (Fsp3) is 0.455. The maximum absolute atomic E-state index is 5.26. The summed E-state index contributed by atoms with van der Waals surface area (Å²) in [6, 6.07) is 3.89. The van der Waals surface area contributed by atoms with E-state index in [9.17, 15) is 0 Å². The molecule has 0 N–H and O–H groups in total. The van der Waals surface area contributed by atoms with Crippen LogP contribution in [-0.2, 0) is 6.42 Å². The topological polar surface area (TPSA) is 18.5 Å². The molecule has 1 aromatic carbocycles. The average molecular weight is 180 g/mol. The number of hydrogen-bond acceptors (Lipinski definition) is 2. The average Bonchev–Trinajstić information content (AvgIpc) is 2.17. The molecule has 0 saturated carbocycles. The summed E-state index contributed by atoms with van der Waals surface area (Å²) in [6.45, 7) is 4.17. The Morgan fingerprint density at radius 3 is 2.08 bits per heavy atom. The van der Waals surface area contributed by atoms with Gasteiger partial charge in [0, 0.05) is 5.56 Å². The molecular weight excluding hydrogens is 164 g/mol. The highest BCUT2D eigenvalue weighted by Crippen LogP contribution is 2.29. The van der Waals surface area contributed by atoms with Gasteiger partial charge >= 0.3 is 0 Å². The van der Waals surface area contributed by atoms with E-state index < -0.39 is 0 Å². The van der Waals surface area contributed by atoms with Crippen LogP contribution in [0.15, 0.2) is 12.1 Å². The number of methoxy groups -OCH3 is 2. The molecule has 0 unspecified atom stereocenters. The first-order valence-corrected chi connectivity index (χ1v) is 4.45. The van der Waals surface area contributed by atoms with Crippen LogP contribution in [0, 0.1) is 6.92 Å². The zero-order valence-corrected chi connectivity index (χ0v) is 8.68. The predicted octanol–water partition coefficient (Wildman–Crippen LogP) is 2.57. The maximum atomic E-state index is 5.26. The first-order chi connectivity index (χ1) is 6.24. The lowest BCUT2D eigenvalue weighted by atomic mass is 10.0. The lowest BCUT2D eigenvalue weighted by Crippen LogP contribution is -1.96. The van der Waals surface area contributed by atoms with Gasteiger partial charge in [0.1, 0.15) is 11.5 Å². The van der Waals surface area contributed by atoms with Gasteiger partial charge in [0.05, 0.1) is 14.2 Å². The number of ether oxygens (including phenoxy) is 2. The van der Waals surface area contributed by atoms with Gasteiger partial charge in [-0.2, -0.15) is 0 Å². The van der Waals surface area contributed by atoms with Gasteiger partial charge in [-0.15, -0.1) is 0 Å². The second-order valence-corrected chi connectivity index (χ2v) is 2.93. The zero-order chi connectivity index (χ0) is 9.84. The molecule has 0 fully saturated rings. The van der Waals surface area contributed by atoms with Gasteiger partial charge in [0.2, 0.25) is 0 Å². The Labute approximate surface area is 79.5 Å². The van der Waals surface area contributed by atoms with Crippen molar-refractivity contribution in [1.82, 2.24) is 0 Å². The van der Waals surface area contributed by atoms with Crippen LogP contribution in [0.1, 0.15) is 18.1 Å². The Kier molecular flexibility index (Phi) is 3.18. The molecule has 0 spiro atoms. The second-order valence-electron chi connectivity index (χ2n) is 2.93. The van der Waals surface area contributed by atoms with Crippen LogP contribution in [-0.4, -0.2) is 14.2 Å². The van der Waals surface area contributed by atoms with E-state index in [0.29, 0.717) is 0 Å². The molecule has 0 aromatic heterocycles. The van der Waals surface area contributed by atoms with E-state index in [2.05, 4.69) is 13.8 Å². The molecule has 0 amide bonds. The summed E-state index contributed by atoms with van der Waals surface area (Å²) in [5.41, 5.74) is 2.39. The van der Waals surface area contributed by atoms with Crippen LogP contribution in [0.2, 0.25) is 0 Å². The van der Waals surface area contributed by atoms with Crippen molar-refractivity contribution in [1.29, 1.82) is 0 Å². The molecule has 0 aliphatic heterocycles. The van der Waals surface area contributed by atoms with Crippen molar-refractivity contribution >= 4 is 0 Å². The predicted molar refractivity (Wildman–Crippen MR) is 53.7 cm³/mol. The molecule has 2 heteroatoms. The molecule has 72 valence electrons. The third-order valence-electron chi connectivity index (χ3n) is 2.30. The highest BCUT2D eigenvalue weighted by Gasteiger charge is 2.08. The summed E-state index contributed by atoms with van der Waals surface area (Å²) in [5, 5.41) is 0. The van der Waals surface area contributed by atoms with E-state index in [0.717, 1.165) is 17.9 Å². The number of benzene rings is 1. The van der Waals surface area contributed by atoms with Gasteiger partial charge in [-0.3, -0.25) is 0 Å². The summed E-state index contributed by atoms with van der Waals surface area (Å²) in [5.74, 6) is 1.87. The third-order valence-corrected chi connectivity index (χ3v) is 2.30. The number of rotatable bonds is 3. The Balaban J connectivity index is 3.23. The monoisotopic (exact) mass is 180 g/mol. The number of hydrogen-bond donors (Lipinski definition) is 0. The Morgan fingerprint density at radius 2 is 1.62 bits per heavy atom. The van der Waals surface area contributed by atoms with E-state index >= 15 is 0 Å². The van der Waals surface area contributed by atoms with E-state index in [1.165, 1.54) is 11.1 Å². The fourth-order valence-corrected chi connectivity index (χ4v) is 1.56. The molecule has 0 aliphatic carbocycles. The molecule has 0 atom stereocenters.